The van der Waals surface area contributed by atoms with E-state index >= 15 is 0 Å². The molecule has 15 heavy (non-hydrogen) atoms. The first-order valence-electron chi connectivity index (χ1n) is 5.31. The zero-order chi connectivity index (χ0) is 10.8. The van der Waals surface area contributed by atoms with Gasteiger partial charge in [0.25, 0.3) is 0 Å². The second-order valence-corrected chi connectivity index (χ2v) is 5.09. The fraction of sp³-hybridized carbons (Fsp3) is 0.417. The fourth-order valence-corrected chi connectivity index (χ4v) is 3.27. The Morgan fingerprint density at radius 1 is 1.33 bits per heavy atom. The molecule has 80 valence electrons. The molecule has 0 saturated heterocycles. The standard InChI is InChI=1S/C12H14ClNS/c1-3-8(4-2)12-14-10-7-5-6-9(13)11(10)15-12/h5-8H,3-4H2,1-2H3. The molecule has 0 fully saturated rings. The lowest BCUT2D eigenvalue weighted by Gasteiger charge is -2.06. The molecule has 0 saturated carbocycles. The number of rotatable bonds is 3. The smallest absolute Gasteiger partial charge is 0.0969 e. The summed E-state index contributed by atoms with van der Waals surface area (Å²) in [6, 6.07) is 5.92. The summed E-state index contributed by atoms with van der Waals surface area (Å²) in [6.45, 7) is 4.42. The zero-order valence-corrected chi connectivity index (χ0v) is 10.5. The molecule has 2 rings (SSSR count). The fourth-order valence-electron chi connectivity index (χ4n) is 1.75. The van der Waals surface area contributed by atoms with Gasteiger partial charge in [-0.25, -0.2) is 4.98 Å². The van der Waals surface area contributed by atoms with Crippen molar-refractivity contribution in [2.24, 2.45) is 0 Å². The van der Waals surface area contributed by atoms with Gasteiger partial charge in [0, 0.05) is 5.92 Å². The van der Waals surface area contributed by atoms with Gasteiger partial charge in [-0.1, -0.05) is 31.5 Å². The van der Waals surface area contributed by atoms with Crippen LogP contribution in [0.1, 0.15) is 37.6 Å². The first kappa shape index (κ1) is 10.9. The number of benzene rings is 1. The second kappa shape index (κ2) is 4.50. The Morgan fingerprint density at radius 2 is 2.07 bits per heavy atom. The number of aromatic nitrogens is 1. The van der Waals surface area contributed by atoms with Gasteiger partial charge in [0.05, 0.1) is 20.2 Å². The Kier molecular flexibility index (Phi) is 3.27. The van der Waals surface area contributed by atoms with E-state index in [-0.39, 0.29) is 0 Å². The van der Waals surface area contributed by atoms with Crippen LogP contribution in [0, 0.1) is 0 Å². The summed E-state index contributed by atoms with van der Waals surface area (Å²) in [5.41, 5.74) is 1.04. The minimum atomic E-state index is 0.582. The van der Waals surface area contributed by atoms with Gasteiger partial charge in [0.1, 0.15) is 0 Å². The Balaban J connectivity index is 2.51. The van der Waals surface area contributed by atoms with Crippen molar-refractivity contribution >= 4 is 33.2 Å². The van der Waals surface area contributed by atoms with Gasteiger partial charge in [-0.05, 0) is 25.0 Å². The number of hydrogen-bond acceptors (Lipinski definition) is 2. The molecule has 1 heterocycles. The van der Waals surface area contributed by atoms with Crippen molar-refractivity contribution in [3.05, 3.63) is 28.2 Å². The average molecular weight is 240 g/mol. The summed E-state index contributed by atoms with van der Waals surface area (Å²) in [5.74, 6) is 0.582. The molecular weight excluding hydrogens is 226 g/mol. The van der Waals surface area contributed by atoms with Gasteiger partial charge >= 0.3 is 0 Å². The average Bonchev–Trinajstić information content (AvgIpc) is 2.65. The lowest BCUT2D eigenvalue weighted by Crippen LogP contribution is -1.93. The Bertz CT molecular complexity index is 460. The van der Waals surface area contributed by atoms with E-state index in [9.17, 15) is 0 Å². The van der Waals surface area contributed by atoms with Gasteiger partial charge < -0.3 is 0 Å². The largest absolute Gasteiger partial charge is 0.241 e. The van der Waals surface area contributed by atoms with Gasteiger partial charge in [-0.2, -0.15) is 0 Å². The second-order valence-electron chi connectivity index (χ2n) is 3.65. The quantitative estimate of drug-likeness (QED) is 0.746. The van der Waals surface area contributed by atoms with Crippen LogP contribution in [0.15, 0.2) is 18.2 Å². The summed E-state index contributed by atoms with van der Waals surface area (Å²) in [7, 11) is 0. The third-order valence-electron chi connectivity index (χ3n) is 2.72. The van der Waals surface area contributed by atoms with Crippen molar-refractivity contribution in [2.45, 2.75) is 32.6 Å². The summed E-state index contributed by atoms with van der Waals surface area (Å²) in [4.78, 5) is 4.65. The highest BCUT2D eigenvalue weighted by Gasteiger charge is 2.13. The number of nitrogens with zero attached hydrogens (tertiary/aromatic N) is 1. The maximum absolute atomic E-state index is 6.13. The molecule has 0 aliphatic carbocycles. The molecule has 2 aromatic rings. The minimum Gasteiger partial charge on any atom is -0.241 e. The van der Waals surface area contributed by atoms with Crippen LogP contribution in [0.2, 0.25) is 5.02 Å². The molecular formula is C12H14ClNS. The van der Waals surface area contributed by atoms with Crippen LogP contribution in [0.3, 0.4) is 0 Å². The lowest BCUT2D eigenvalue weighted by atomic mass is 10.1. The lowest BCUT2D eigenvalue weighted by molar-refractivity contribution is 0.639. The molecule has 0 radical (unpaired) electrons. The molecule has 1 aromatic carbocycles. The molecule has 0 amide bonds. The van der Waals surface area contributed by atoms with Gasteiger partial charge in [0.15, 0.2) is 0 Å². The topological polar surface area (TPSA) is 12.9 Å². The number of halogens is 1. The molecule has 0 aliphatic heterocycles. The third kappa shape index (κ3) is 2.01. The molecule has 3 heteroatoms. The molecule has 1 aromatic heterocycles. The molecule has 0 atom stereocenters. The van der Waals surface area contributed by atoms with E-state index in [0.29, 0.717) is 5.92 Å². The van der Waals surface area contributed by atoms with E-state index in [1.807, 2.05) is 18.2 Å². The number of thiazole rings is 1. The van der Waals surface area contributed by atoms with Gasteiger partial charge in [-0.15, -0.1) is 11.3 Å². The van der Waals surface area contributed by atoms with Crippen molar-refractivity contribution in [2.75, 3.05) is 0 Å². The van der Waals surface area contributed by atoms with Crippen LogP contribution in [0.4, 0.5) is 0 Å². The summed E-state index contributed by atoms with van der Waals surface area (Å²) >= 11 is 7.87. The van der Waals surface area contributed by atoms with E-state index in [0.717, 1.165) is 28.1 Å². The highest BCUT2D eigenvalue weighted by Crippen LogP contribution is 2.34. The van der Waals surface area contributed by atoms with Crippen molar-refractivity contribution in [3.8, 4) is 0 Å². The molecule has 0 spiro atoms. The van der Waals surface area contributed by atoms with Crippen molar-refractivity contribution in [1.82, 2.24) is 4.98 Å². The highest BCUT2D eigenvalue weighted by molar-refractivity contribution is 7.19. The predicted octanol–water partition coefficient (Wildman–Crippen LogP) is 4.85. The first-order chi connectivity index (χ1) is 7.26. The zero-order valence-electron chi connectivity index (χ0n) is 8.96. The van der Waals surface area contributed by atoms with E-state index in [1.54, 1.807) is 11.3 Å². The molecule has 1 nitrogen and oxygen atoms in total. The maximum Gasteiger partial charge on any atom is 0.0969 e. The van der Waals surface area contributed by atoms with E-state index < -0.39 is 0 Å². The molecule has 0 bridgehead atoms. The first-order valence-corrected chi connectivity index (χ1v) is 6.50. The molecule has 0 N–H and O–H groups in total. The molecule has 0 aliphatic rings. The van der Waals surface area contributed by atoms with Crippen molar-refractivity contribution < 1.29 is 0 Å². The van der Waals surface area contributed by atoms with E-state index in [1.165, 1.54) is 5.01 Å². The van der Waals surface area contributed by atoms with E-state index in [2.05, 4.69) is 18.8 Å². The van der Waals surface area contributed by atoms with Gasteiger partial charge in [0.2, 0.25) is 0 Å². The summed E-state index contributed by atoms with van der Waals surface area (Å²) in [6.07, 6.45) is 2.29. The van der Waals surface area contributed by atoms with Crippen LogP contribution in [-0.2, 0) is 0 Å². The summed E-state index contributed by atoms with van der Waals surface area (Å²) < 4.78 is 1.13. The van der Waals surface area contributed by atoms with Crippen LogP contribution in [0.5, 0.6) is 0 Å². The SMILES string of the molecule is CCC(CC)c1nc2cccc(Cl)c2s1. The van der Waals surface area contributed by atoms with E-state index in [4.69, 9.17) is 11.6 Å². The Hall–Kier alpha value is -0.600. The van der Waals surface area contributed by atoms with Crippen LogP contribution in [0.25, 0.3) is 10.2 Å². The van der Waals surface area contributed by atoms with Crippen LogP contribution < -0.4 is 0 Å². The van der Waals surface area contributed by atoms with Gasteiger partial charge in [-0.3, -0.25) is 0 Å². The maximum atomic E-state index is 6.13. The number of fused-ring (bicyclic) bond motifs is 1. The molecule has 0 unspecified atom stereocenters. The van der Waals surface area contributed by atoms with Crippen molar-refractivity contribution in [1.29, 1.82) is 0 Å². The highest BCUT2D eigenvalue weighted by atomic mass is 35.5. The number of hydrogen-bond donors (Lipinski definition) is 0. The monoisotopic (exact) mass is 239 g/mol. The van der Waals surface area contributed by atoms with Crippen molar-refractivity contribution in [3.63, 3.8) is 0 Å². The minimum absolute atomic E-state index is 0.582. The Labute approximate surface area is 99.1 Å². The summed E-state index contributed by atoms with van der Waals surface area (Å²) in [5, 5.41) is 2.05. The normalized spacial score (nSPS) is 11.5. The van der Waals surface area contributed by atoms with Crippen LogP contribution in [-0.4, -0.2) is 4.98 Å². The predicted molar refractivity (Wildman–Crippen MR) is 68.0 cm³/mol. The third-order valence-corrected chi connectivity index (χ3v) is 4.41. The Morgan fingerprint density at radius 3 is 2.67 bits per heavy atom. The van der Waals surface area contributed by atoms with Crippen LogP contribution >= 0.6 is 22.9 Å².